The van der Waals surface area contributed by atoms with E-state index in [-0.39, 0.29) is 11.3 Å². The molecular formula is C24H21N3O. The van der Waals surface area contributed by atoms with E-state index in [9.17, 15) is 5.11 Å². The standard InChI is InChI=1S/C24H21N3O/c25-24(14-5-15-24)18-12-10-17(11-13-18)21-22(16-6-2-1-3-7-16)27-23-19(26-21)8-4-9-20(23)28/h1-4,6-13,28H,5,14-15,25H2. The van der Waals surface area contributed by atoms with Crippen LogP contribution in [0.5, 0.6) is 5.75 Å². The molecule has 4 nitrogen and oxygen atoms in total. The summed E-state index contributed by atoms with van der Waals surface area (Å²) in [5, 5.41) is 10.2. The Bertz CT molecular complexity index is 1150. The van der Waals surface area contributed by atoms with E-state index in [4.69, 9.17) is 15.7 Å². The second-order valence-corrected chi connectivity index (χ2v) is 7.52. The first-order valence-electron chi connectivity index (χ1n) is 9.59. The number of hydrogen-bond acceptors (Lipinski definition) is 4. The molecule has 3 aromatic carbocycles. The number of hydrogen-bond donors (Lipinski definition) is 2. The molecule has 0 atom stereocenters. The van der Waals surface area contributed by atoms with Crippen LogP contribution in [0.15, 0.2) is 72.8 Å². The number of nitrogens with zero attached hydrogens (tertiary/aromatic N) is 2. The van der Waals surface area contributed by atoms with E-state index in [1.54, 1.807) is 12.1 Å². The number of fused-ring (bicyclic) bond motifs is 1. The molecule has 0 radical (unpaired) electrons. The highest BCUT2D eigenvalue weighted by Crippen LogP contribution is 2.40. The van der Waals surface area contributed by atoms with Crippen molar-refractivity contribution in [3.8, 4) is 28.3 Å². The number of aromatic hydroxyl groups is 1. The molecule has 28 heavy (non-hydrogen) atoms. The maximum Gasteiger partial charge on any atom is 0.143 e. The van der Waals surface area contributed by atoms with E-state index in [2.05, 4.69) is 24.3 Å². The summed E-state index contributed by atoms with van der Waals surface area (Å²) in [5.41, 5.74) is 12.2. The maximum atomic E-state index is 10.2. The number of aromatic nitrogens is 2. The molecule has 1 heterocycles. The van der Waals surface area contributed by atoms with Gasteiger partial charge in [0.25, 0.3) is 0 Å². The summed E-state index contributed by atoms with van der Waals surface area (Å²) in [6, 6.07) is 23.6. The predicted molar refractivity (Wildman–Crippen MR) is 112 cm³/mol. The van der Waals surface area contributed by atoms with Crippen molar-refractivity contribution in [3.63, 3.8) is 0 Å². The van der Waals surface area contributed by atoms with Crippen LogP contribution in [0.4, 0.5) is 0 Å². The van der Waals surface area contributed by atoms with Gasteiger partial charge in [0.2, 0.25) is 0 Å². The van der Waals surface area contributed by atoms with Gasteiger partial charge in [-0.05, 0) is 37.0 Å². The molecule has 138 valence electrons. The summed E-state index contributed by atoms with van der Waals surface area (Å²) < 4.78 is 0. The van der Waals surface area contributed by atoms with Crippen LogP contribution in [-0.2, 0) is 5.54 Å². The summed E-state index contributed by atoms with van der Waals surface area (Å²) in [4.78, 5) is 9.64. The molecule has 1 aromatic heterocycles. The van der Waals surface area contributed by atoms with Crippen molar-refractivity contribution in [2.45, 2.75) is 24.8 Å². The van der Waals surface area contributed by atoms with Crippen molar-refractivity contribution < 1.29 is 5.11 Å². The maximum absolute atomic E-state index is 10.2. The Morgan fingerprint density at radius 3 is 2.11 bits per heavy atom. The number of phenols is 1. The van der Waals surface area contributed by atoms with Gasteiger partial charge < -0.3 is 10.8 Å². The molecule has 0 amide bonds. The summed E-state index contributed by atoms with van der Waals surface area (Å²) in [6.45, 7) is 0. The zero-order valence-electron chi connectivity index (χ0n) is 15.5. The van der Waals surface area contributed by atoms with Crippen molar-refractivity contribution in [1.29, 1.82) is 0 Å². The monoisotopic (exact) mass is 367 g/mol. The molecule has 1 saturated carbocycles. The van der Waals surface area contributed by atoms with Gasteiger partial charge >= 0.3 is 0 Å². The zero-order valence-corrected chi connectivity index (χ0v) is 15.5. The number of phenolic OH excluding ortho intramolecular Hbond substituents is 1. The molecule has 0 aliphatic heterocycles. The Labute approximate surface area is 163 Å². The van der Waals surface area contributed by atoms with Crippen molar-refractivity contribution in [1.82, 2.24) is 9.97 Å². The highest BCUT2D eigenvalue weighted by Gasteiger charge is 2.34. The van der Waals surface area contributed by atoms with E-state index in [1.165, 1.54) is 12.0 Å². The molecule has 3 N–H and O–H groups in total. The van der Waals surface area contributed by atoms with Gasteiger partial charge in [-0.3, -0.25) is 0 Å². The molecule has 0 unspecified atom stereocenters. The second kappa shape index (κ2) is 6.43. The van der Waals surface area contributed by atoms with Crippen LogP contribution in [0.2, 0.25) is 0 Å². The minimum atomic E-state index is -0.179. The van der Waals surface area contributed by atoms with Crippen LogP contribution >= 0.6 is 0 Å². The van der Waals surface area contributed by atoms with Crippen LogP contribution in [0.25, 0.3) is 33.5 Å². The highest BCUT2D eigenvalue weighted by atomic mass is 16.3. The number of benzene rings is 3. The first-order valence-corrected chi connectivity index (χ1v) is 9.59. The minimum Gasteiger partial charge on any atom is -0.506 e. The second-order valence-electron chi connectivity index (χ2n) is 7.52. The average Bonchev–Trinajstić information content (AvgIpc) is 2.72. The molecule has 1 aliphatic rings. The van der Waals surface area contributed by atoms with Crippen LogP contribution < -0.4 is 5.73 Å². The number of nitrogens with two attached hydrogens (primary N) is 1. The van der Waals surface area contributed by atoms with E-state index >= 15 is 0 Å². The van der Waals surface area contributed by atoms with Gasteiger partial charge in [0.1, 0.15) is 11.3 Å². The third kappa shape index (κ3) is 2.74. The van der Waals surface area contributed by atoms with Gasteiger partial charge in [0.15, 0.2) is 0 Å². The van der Waals surface area contributed by atoms with Crippen molar-refractivity contribution >= 4 is 11.0 Å². The van der Waals surface area contributed by atoms with E-state index in [1.807, 2.05) is 36.4 Å². The summed E-state index contributed by atoms with van der Waals surface area (Å²) in [6.07, 6.45) is 3.27. The Morgan fingerprint density at radius 1 is 0.750 bits per heavy atom. The fourth-order valence-electron chi connectivity index (χ4n) is 3.87. The topological polar surface area (TPSA) is 72.0 Å². The number of rotatable bonds is 3. The van der Waals surface area contributed by atoms with Crippen LogP contribution in [0.1, 0.15) is 24.8 Å². The van der Waals surface area contributed by atoms with Gasteiger partial charge in [-0.15, -0.1) is 0 Å². The van der Waals surface area contributed by atoms with Crippen LogP contribution in [-0.4, -0.2) is 15.1 Å². The molecule has 1 aliphatic carbocycles. The first kappa shape index (κ1) is 16.9. The van der Waals surface area contributed by atoms with Gasteiger partial charge in [-0.1, -0.05) is 60.7 Å². The summed E-state index contributed by atoms with van der Waals surface area (Å²) in [7, 11) is 0. The van der Waals surface area contributed by atoms with Crippen LogP contribution in [0.3, 0.4) is 0 Å². The largest absolute Gasteiger partial charge is 0.506 e. The lowest BCUT2D eigenvalue weighted by Crippen LogP contribution is -2.43. The Hall–Kier alpha value is -3.24. The lowest BCUT2D eigenvalue weighted by atomic mass is 9.72. The SMILES string of the molecule is NC1(c2ccc(-c3nc4cccc(O)c4nc3-c3ccccc3)cc2)CCC1. The highest BCUT2D eigenvalue weighted by molar-refractivity contribution is 5.89. The lowest BCUT2D eigenvalue weighted by molar-refractivity contribution is 0.253. The molecule has 1 fully saturated rings. The van der Waals surface area contributed by atoms with Gasteiger partial charge in [-0.25, -0.2) is 9.97 Å². The molecule has 4 aromatic rings. The predicted octanol–water partition coefficient (Wildman–Crippen LogP) is 5.01. The number of para-hydroxylation sites is 1. The van der Waals surface area contributed by atoms with Crippen molar-refractivity contribution in [2.24, 2.45) is 5.73 Å². The summed E-state index contributed by atoms with van der Waals surface area (Å²) in [5.74, 6) is 0.138. The van der Waals surface area contributed by atoms with Crippen LogP contribution in [0, 0.1) is 0 Å². The quantitative estimate of drug-likeness (QED) is 0.534. The average molecular weight is 367 g/mol. The zero-order chi connectivity index (χ0) is 19.1. The lowest BCUT2D eigenvalue weighted by Gasteiger charge is -2.38. The van der Waals surface area contributed by atoms with Gasteiger partial charge in [0.05, 0.1) is 16.9 Å². The fraction of sp³-hybridized carbons (Fsp3) is 0.167. The third-order valence-corrected chi connectivity index (χ3v) is 5.70. The molecule has 4 heteroatoms. The Balaban J connectivity index is 1.69. The van der Waals surface area contributed by atoms with E-state index in [0.717, 1.165) is 35.4 Å². The molecule has 0 spiro atoms. The van der Waals surface area contributed by atoms with Crippen molar-refractivity contribution in [2.75, 3.05) is 0 Å². The van der Waals surface area contributed by atoms with Crippen molar-refractivity contribution in [3.05, 3.63) is 78.4 Å². The fourth-order valence-corrected chi connectivity index (χ4v) is 3.87. The third-order valence-electron chi connectivity index (χ3n) is 5.70. The van der Waals surface area contributed by atoms with Gasteiger partial charge in [0, 0.05) is 16.7 Å². The molecule has 5 rings (SSSR count). The molecular weight excluding hydrogens is 346 g/mol. The molecule has 0 saturated heterocycles. The minimum absolute atomic E-state index is 0.138. The first-order chi connectivity index (χ1) is 13.6. The van der Waals surface area contributed by atoms with Gasteiger partial charge in [-0.2, -0.15) is 0 Å². The van der Waals surface area contributed by atoms with E-state index in [0.29, 0.717) is 11.0 Å². The molecule has 0 bridgehead atoms. The summed E-state index contributed by atoms with van der Waals surface area (Å²) >= 11 is 0. The smallest absolute Gasteiger partial charge is 0.143 e. The van der Waals surface area contributed by atoms with E-state index < -0.39 is 0 Å². The Morgan fingerprint density at radius 2 is 1.43 bits per heavy atom. The Kier molecular flexibility index (Phi) is 3.88. The normalized spacial score (nSPS) is 15.3.